The van der Waals surface area contributed by atoms with Crippen LogP contribution in [-0.4, -0.2) is 35.6 Å². The van der Waals surface area contributed by atoms with Crippen LogP contribution in [-0.2, 0) is 28.3 Å². The summed E-state index contributed by atoms with van der Waals surface area (Å²) in [4.78, 5) is 28.1. The Hall–Kier alpha value is -2.47. The minimum atomic E-state index is -0.702. The fourth-order valence-electron chi connectivity index (χ4n) is 3.72. The summed E-state index contributed by atoms with van der Waals surface area (Å²) >= 11 is 14.4. The highest BCUT2D eigenvalue weighted by Crippen LogP contribution is 2.28. The number of amides is 2. The third kappa shape index (κ3) is 7.26. The second-order valence-corrected chi connectivity index (χ2v) is 9.82. The molecule has 3 aromatic carbocycles. The molecular weight excluding hydrogens is 487 g/mol. The van der Waals surface area contributed by atoms with Gasteiger partial charge in [0.1, 0.15) is 6.04 Å². The van der Waals surface area contributed by atoms with Gasteiger partial charge in [0.25, 0.3) is 0 Å². The van der Waals surface area contributed by atoms with Crippen LogP contribution in [0.2, 0.25) is 10.0 Å². The van der Waals surface area contributed by atoms with Crippen molar-refractivity contribution in [1.82, 2.24) is 10.2 Å². The van der Waals surface area contributed by atoms with Crippen molar-refractivity contribution in [2.75, 3.05) is 12.8 Å². The molecule has 0 spiro atoms. The van der Waals surface area contributed by atoms with Crippen molar-refractivity contribution in [3.63, 3.8) is 0 Å². The molecule has 0 fully saturated rings. The van der Waals surface area contributed by atoms with E-state index in [-0.39, 0.29) is 24.1 Å². The molecule has 2 amide bonds. The Kier molecular flexibility index (Phi) is 9.87. The molecule has 0 aliphatic heterocycles. The van der Waals surface area contributed by atoms with E-state index in [0.29, 0.717) is 27.8 Å². The molecule has 3 rings (SSSR count). The summed E-state index contributed by atoms with van der Waals surface area (Å²) in [7, 11) is 1.58. The Morgan fingerprint density at radius 2 is 1.59 bits per heavy atom. The number of benzene rings is 3. The van der Waals surface area contributed by atoms with E-state index in [0.717, 1.165) is 11.1 Å². The fraction of sp³-hybridized carbons (Fsp3) is 0.259. The second kappa shape index (κ2) is 12.8. The number of halogens is 2. The minimum Gasteiger partial charge on any atom is -0.357 e. The number of hydrogen-bond donors (Lipinski definition) is 1. The van der Waals surface area contributed by atoms with Crippen LogP contribution in [0.3, 0.4) is 0 Å². The van der Waals surface area contributed by atoms with Gasteiger partial charge >= 0.3 is 0 Å². The molecule has 1 unspecified atom stereocenters. The third-order valence-electron chi connectivity index (χ3n) is 5.48. The Morgan fingerprint density at radius 3 is 2.24 bits per heavy atom. The maximum atomic E-state index is 13.5. The highest BCUT2D eigenvalue weighted by Gasteiger charge is 2.30. The molecule has 0 aromatic heterocycles. The van der Waals surface area contributed by atoms with E-state index < -0.39 is 6.04 Å². The van der Waals surface area contributed by atoms with E-state index in [4.69, 9.17) is 23.2 Å². The van der Waals surface area contributed by atoms with Gasteiger partial charge in [-0.3, -0.25) is 9.59 Å². The number of hydrogen-bond acceptors (Lipinski definition) is 3. The molecular formula is C27H28Cl2N2O2S. The lowest BCUT2D eigenvalue weighted by molar-refractivity contribution is -0.139. The van der Waals surface area contributed by atoms with Gasteiger partial charge in [-0.05, 0) is 30.2 Å². The Morgan fingerprint density at radius 1 is 0.941 bits per heavy atom. The van der Waals surface area contributed by atoms with Crippen LogP contribution in [0.5, 0.6) is 0 Å². The first-order valence-electron chi connectivity index (χ1n) is 11.0. The summed E-state index contributed by atoms with van der Waals surface area (Å²) in [5.74, 6) is 0.567. The van der Waals surface area contributed by atoms with Crippen LogP contribution < -0.4 is 5.32 Å². The van der Waals surface area contributed by atoms with E-state index in [1.54, 1.807) is 30.1 Å². The van der Waals surface area contributed by atoms with Crippen LogP contribution in [0.25, 0.3) is 0 Å². The largest absolute Gasteiger partial charge is 0.357 e. The zero-order chi connectivity index (χ0) is 24.5. The smallest absolute Gasteiger partial charge is 0.242 e. The lowest BCUT2D eigenvalue weighted by atomic mass is 10.0. The molecule has 34 heavy (non-hydrogen) atoms. The number of thioether (sulfide) groups is 1. The number of nitrogens with one attached hydrogen (secondary N) is 1. The van der Waals surface area contributed by atoms with Gasteiger partial charge in [-0.25, -0.2) is 0 Å². The SMILES string of the molecule is CNC(=O)C(Cc1ccccc1)N(Cc1c(Cl)cccc1Cl)C(=O)CSCc1cccc(C)c1. The van der Waals surface area contributed by atoms with Gasteiger partial charge in [-0.2, -0.15) is 0 Å². The van der Waals surface area contributed by atoms with E-state index in [9.17, 15) is 9.59 Å². The summed E-state index contributed by atoms with van der Waals surface area (Å²) in [5.41, 5.74) is 3.93. The molecule has 0 aliphatic rings. The third-order valence-corrected chi connectivity index (χ3v) is 7.18. The zero-order valence-corrected chi connectivity index (χ0v) is 21.6. The zero-order valence-electron chi connectivity index (χ0n) is 19.3. The van der Waals surface area contributed by atoms with Gasteiger partial charge in [-0.1, -0.05) is 89.4 Å². The topological polar surface area (TPSA) is 49.4 Å². The standard InChI is InChI=1S/C27H28Cl2N2O2S/c1-19-8-6-11-21(14-19)17-34-18-26(32)31(16-22-23(28)12-7-13-24(22)29)25(27(33)30-2)15-20-9-4-3-5-10-20/h3-14,25H,15-18H2,1-2H3,(H,30,33). The van der Waals surface area contributed by atoms with Crippen LogP contribution in [0, 0.1) is 6.92 Å². The normalized spacial score (nSPS) is 11.6. The average molecular weight is 516 g/mol. The van der Waals surface area contributed by atoms with E-state index in [2.05, 4.69) is 17.4 Å². The summed E-state index contributed by atoms with van der Waals surface area (Å²) in [6.07, 6.45) is 0.386. The van der Waals surface area contributed by atoms with Crippen molar-refractivity contribution < 1.29 is 9.59 Å². The fourth-order valence-corrected chi connectivity index (χ4v) is 5.09. The molecule has 3 aromatic rings. The minimum absolute atomic E-state index is 0.141. The lowest BCUT2D eigenvalue weighted by Gasteiger charge is -2.31. The summed E-state index contributed by atoms with van der Waals surface area (Å²) in [5, 5.41) is 3.65. The van der Waals surface area contributed by atoms with Gasteiger partial charge in [0.15, 0.2) is 0 Å². The first-order chi connectivity index (χ1) is 16.4. The van der Waals surface area contributed by atoms with Crippen LogP contribution in [0.15, 0.2) is 72.8 Å². The molecule has 178 valence electrons. The monoisotopic (exact) mass is 514 g/mol. The molecule has 1 atom stereocenters. The highest BCUT2D eigenvalue weighted by molar-refractivity contribution is 7.99. The van der Waals surface area contributed by atoms with Gasteiger partial charge < -0.3 is 10.2 Å². The van der Waals surface area contributed by atoms with E-state index in [1.165, 1.54) is 17.3 Å². The van der Waals surface area contributed by atoms with Gasteiger partial charge in [-0.15, -0.1) is 11.8 Å². The molecule has 4 nitrogen and oxygen atoms in total. The number of carbonyl (C=O) groups is 2. The number of carbonyl (C=O) groups excluding carboxylic acids is 2. The predicted octanol–water partition coefficient (Wildman–Crippen LogP) is 5.92. The summed E-state index contributed by atoms with van der Waals surface area (Å²) in [6, 6.07) is 22.4. The van der Waals surface area contributed by atoms with E-state index in [1.807, 2.05) is 49.4 Å². The van der Waals surface area contributed by atoms with Crippen LogP contribution in [0.4, 0.5) is 0 Å². The number of likely N-dealkylation sites (N-methyl/N-ethyl adjacent to an activating group) is 1. The van der Waals surface area contributed by atoms with Crippen LogP contribution >= 0.6 is 35.0 Å². The second-order valence-electron chi connectivity index (χ2n) is 8.02. The van der Waals surface area contributed by atoms with Crippen molar-refractivity contribution >= 4 is 46.8 Å². The van der Waals surface area contributed by atoms with Gasteiger partial charge in [0.05, 0.1) is 5.75 Å². The van der Waals surface area contributed by atoms with Crippen molar-refractivity contribution in [2.45, 2.75) is 31.7 Å². The molecule has 1 N–H and O–H groups in total. The van der Waals surface area contributed by atoms with E-state index >= 15 is 0 Å². The molecule has 7 heteroatoms. The Bertz CT molecular complexity index is 1100. The quantitative estimate of drug-likeness (QED) is 0.365. The van der Waals surface area contributed by atoms with Crippen LogP contribution in [0.1, 0.15) is 22.3 Å². The molecule has 0 aliphatic carbocycles. The highest BCUT2D eigenvalue weighted by atomic mass is 35.5. The van der Waals surface area contributed by atoms with Crippen molar-refractivity contribution in [3.8, 4) is 0 Å². The Balaban J connectivity index is 1.86. The molecule has 0 radical (unpaired) electrons. The Labute approximate surface area is 215 Å². The average Bonchev–Trinajstić information content (AvgIpc) is 2.83. The van der Waals surface area contributed by atoms with Gasteiger partial charge in [0, 0.05) is 41.4 Å². The van der Waals surface area contributed by atoms with Crippen molar-refractivity contribution in [2.24, 2.45) is 0 Å². The van der Waals surface area contributed by atoms with Crippen molar-refractivity contribution in [3.05, 3.63) is 105 Å². The number of nitrogens with zero attached hydrogens (tertiary/aromatic N) is 1. The lowest BCUT2D eigenvalue weighted by Crippen LogP contribution is -2.50. The maximum Gasteiger partial charge on any atom is 0.242 e. The predicted molar refractivity (Wildman–Crippen MR) is 142 cm³/mol. The number of rotatable bonds is 10. The molecule has 0 bridgehead atoms. The van der Waals surface area contributed by atoms with Crippen molar-refractivity contribution in [1.29, 1.82) is 0 Å². The molecule has 0 saturated carbocycles. The first-order valence-corrected chi connectivity index (χ1v) is 12.9. The number of aryl methyl sites for hydroxylation is 1. The molecule has 0 heterocycles. The molecule has 0 saturated heterocycles. The summed E-state index contributed by atoms with van der Waals surface area (Å²) < 4.78 is 0. The van der Waals surface area contributed by atoms with Gasteiger partial charge in [0.2, 0.25) is 11.8 Å². The maximum absolute atomic E-state index is 13.5. The summed E-state index contributed by atoms with van der Waals surface area (Å²) in [6.45, 7) is 2.19. The first kappa shape index (κ1) is 26.1.